The van der Waals surface area contributed by atoms with Gasteiger partial charge in [-0.25, -0.2) is 0 Å². The number of aliphatic hydroxyl groups is 1. The standard InChI is InChI=1S/C19H27BO4/c1-18(2)19(3,4)24-20(23-18)14-11-8-12-15(21)16(14)17(22)13-9-6-5-7-10-13/h5-7,9-10,14,16-17,22H,8,11-12H2,1-4H3/t14-,16-,17+/m0/s1. The van der Waals surface area contributed by atoms with Gasteiger partial charge in [-0.3, -0.25) is 4.79 Å². The topological polar surface area (TPSA) is 55.8 Å². The third kappa shape index (κ3) is 3.05. The summed E-state index contributed by atoms with van der Waals surface area (Å²) in [5.41, 5.74) is -0.0832. The maximum Gasteiger partial charge on any atom is 0.462 e. The summed E-state index contributed by atoms with van der Waals surface area (Å²) >= 11 is 0. The summed E-state index contributed by atoms with van der Waals surface area (Å²) in [5, 5.41) is 10.9. The molecule has 4 nitrogen and oxygen atoms in total. The zero-order valence-electron chi connectivity index (χ0n) is 15.0. The lowest BCUT2D eigenvalue weighted by Gasteiger charge is -2.34. The van der Waals surface area contributed by atoms with Gasteiger partial charge in [0.25, 0.3) is 0 Å². The van der Waals surface area contributed by atoms with Gasteiger partial charge in [0, 0.05) is 18.2 Å². The average Bonchev–Trinajstić information content (AvgIpc) is 2.75. The van der Waals surface area contributed by atoms with Crippen molar-refractivity contribution >= 4 is 12.9 Å². The molecule has 3 atom stereocenters. The number of rotatable bonds is 3. The maximum absolute atomic E-state index is 12.6. The van der Waals surface area contributed by atoms with Gasteiger partial charge in [-0.05, 0) is 39.7 Å². The summed E-state index contributed by atoms with van der Waals surface area (Å²) in [6.07, 6.45) is 1.36. The number of carbonyl (C=O) groups excluding carboxylic acids is 1. The van der Waals surface area contributed by atoms with Crippen LogP contribution >= 0.6 is 0 Å². The maximum atomic E-state index is 12.6. The van der Waals surface area contributed by atoms with Crippen molar-refractivity contribution in [3.05, 3.63) is 35.9 Å². The largest absolute Gasteiger partial charge is 0.462 e. The molecule has 5 heteroatoms. The highest BCUT2D eigenvalue weighted by atomic mass is 16.7. The minimum Gasteiger partial charge on any atom is -0.403 e. The Morgan fingerprint density at radius 3 is 2.29 bits per heavy atom. The number of benzene rings is 1. The van der Waals surface area contributed by atoms with E-state index in [-0.39, 0.29) is 11.6 Å². The van der Waals surface area contributed by atoms with Crippen molar-refractivity contribution in [2.75, 3.05) is 0 Å². The van der Waals surface area contributed by atoms with E-state index in [1.807, 2.05) is 58.0 Å². The molecule has 130 valence electrons. The molecule has 2 aliphatic rings. The number of carbonyl (C=O) groups is 1. The summed E-state index contributed by atoms with van der Waals surface area (Å²) in [5.74, 6) is -0.490. The van der Waals surface area contributed by atoms with Crippen molar-refractivity contribution in [2.45, 2.75) is 70.1 Å². The van der Waals surface area contributed by atoms with Crippen LogP contribution in [0, 0.1) is 5.92 Å². The Labute approximate surface area is 144 Å². The molecule has 0 aromatic heterocycles. The first kappa shape index (κ1) is 17.7. The number of aliphatic hydroxyl groups excluding tert-OH is 1. The Morgan fingerprint density at radius 1 is 1.12 bits per heavy atom. The van der Waals surface area contributed by atoms with Crippen molar-refractivity contribution < 1.29 is 19.2 Å². The number of hydrogen-bond acceptors (Lipinski definition) is 4. The molecule has 3 rings (SSSR count). The minimum atomic E-state index is -0.817. The summed E-state index contributed by atoms with van der Waals surface area (Å²) in [4.78, 5) is 12.6. The highest BCUT2D eigenvalue weighted by molar-refractivity contribution is 6.48. The zero-order chi connectivity index (χ0) is 17.5. The van der Waals surface area contributed by atoms with Gasteiger partial charge in [-0.1, -0.05) is 36.8 Å². The molecule has 1 saturated carbocycles. The smallest absolute Gasteiger partial charge is 0.403 e. The number of hydrogen-bond donors (Lipinski definition) is 1. The van der Waals surface area contributed by atoms with Crippen molar-refractivity contribution in [3.63, 3.8) is 0 Å². The lowest BCUT2D eigenvalue weighted by atomic mass is 9.57. The third-order valence-corrected chi connectivity index (χ3v) is 5.90. The molecule has 1 N–H and O–H groups in total. The lowest BCUT2D eigenvalue weighted by molar-refractivity contribution is -0.129. The van der Waals surface area contributed by atoms with Crippen LogP contribution in [0.5, 0.6) is 0 Å². The van der Waals surface area contributed by atoms with Gasteiger partial charge in [0.1, 0.15) is 5.78 Å². The highest BCUT2D eigenvalue weighted by Crippen LogP contribution is 2.48. The fourth-order valence-corrected chi connectivity index (χ4v) is 3.73. The van der Waals surface area contributed by atoms with Crippen molar-refractivity contribution in [3.8, 4) is 0 Å². The predicted octanol–water partition coefficient (Wildman–Crippen LogP) is 3.55. The van der Waals surface area contributed by atoms with Gasteiger partial charge in [0.05, 0.1) is 17.3 Å². The SMILES string of the molecule is CC1(C)OB([C@H]2CCCC(=O)[C@H]2[C@H](O)c2ccccc2)OC1(C)C. The van der Waals surface area contributed by atoms with Crippen LogP contribution in [0.2, 0.25) is 5.82 Å². The second-order valence-electron chi connectivity index (χ2n) is 8.03. The van der Waals surface area contributed by atoms with Crippen LogP contribution in [-0.2, 0) is 14.1 Å². The molecule has 24 heavy (non-hydrogen) atoms. The molecular formula is C19H27BO4. The van der Waals surface area contributed by atoms with E-state index in [4.69, 9.17) is 9.31 Å². The van der Waals surface area contributed by atoms with Gasteiger partial charge in [-0.2, -0.15) is 0 Å². The van der Waals surface area contributed by atoms with Crippen LogP contribution in [0.15, 0.2) is 30.3 Å². The Bertz CT molecular complexity index is 583. The van der Waals surface area contributed by atoms with Crippen LogP contribution in [-0.4, -0.2) is 29.2 Å². The summed E-state index contributed by atoms with van der Waals surface area (Å²) < 4.78 is 12.4. The van der Waals surface area contributed by atoms with E-state index >= 15 is 0 Å². The Balaban J connectivity index is 1.87. The van der Waals surface area contributed by atoms with Crippen molar-refractivity contribution in [2.24, 2.45) is 5.92 Å². The van der Waals surface area contributed by atoms with E-state index in [1.54, 1.807) is 0 Å². The van der Waals surface area contributed by atoms with Gasteiger partial charge in [0.2, 0.25) is 0 Å². The van der Waals surface area contributed by atoms with Gasteiger partial charge >= 0.3 is 7.12 Å². The summed E-state index contributed by atoms with van der Waals surface area (Å²) in [6, 6.07) is 9.41. The average molecular weight is 330 g/mol. The number of Topliss-reactive ketones (excluding diaryl/α,β-unsaturated/α-hetero) is 1. The van der Waals surface area contributed by atoms with E-state index < -0.39 is 30.3 Å². The van der Waals surface area contributed by atoms with E-state index in [0.717, 1.165) is 18.4 Å². The minimum absolute atomic E-state index is 0.109. The zero-order valence-corrected chi connectivity index (χ0v) is 15.0. The van der Waals surface area contributed by atoms with E-state index in [9.17, 15) is 9.90 Å². The van der Waals surface area contributed by atoms with E-state index in [0.29, 0.717) is 6.42 Å². The molecule has 0 bridgehead atoms. The molecule has 0 amide bonds. The highest BCUT2D eigenvalue weighted by Gasteiger charge is 2.57. The van der Waals surface area contributed by atoms with E-state index in [1.165, 1.54) is 0 Å². The van der Waals surface area contributed by atoms with Crippen LogP contribution in [0.4, 0.5) is 0 Å². The van der Waals surface area contributed by atoms with Crippen LogP contribution in [0.25, 0.3) is 0 Å². The molecule has 2 fully saturated rings. The molecular weight excluding hydrogens is 303 g/mol. The predicted molar refractivity (Wildman–Crippen MR) is 93.6 cm³/mol. The quantitative estimate of drug-likeness (QED) is 0.861. The second kappa shape index (κ2) is 6.28. The normalized spacial score (nSPS) is 30.4. The third-order valence-electron chi connectivity index (χ3n) is 5.90. The fraction of sp³-hybridized carbons (Fsp3) is 0.632. The molecule has 1 aliphatic heterocycles. The van der Waals surface area contributed by atoms with E-state index in [2.05, 4.69) is 0 Å². The van der Waals surface area contributed by atoms with Crippen molar-refractivity contribution in [1.82, 2.24) is 0 Å². The molecule has 0 spiro atoms. The fourth-order valence-electron chi connectivity index (χ4n) is 3.73. The molecule has 1 aromatic rings. The molecule has 1 aromatic carbocycles. The Hall–Kier alpha value is -1.17. The molecule has 1 aliphatic carbocycles. The summed E-state index contributed by atoms with van der Waals surface area (Å²) in [6.45, 7) is 8.06. The van der Waals surface area contributed by atoms with Crippen molar-refractivity contribution in [1.29, 1.82) is 0 Å². The van der Waals surface area contributed by atoms with Crippen LogP contribution in [0.3, 0.4) is 0 Å². The first-order valence-corrected chi connectivity index (χ1v) is 8.84. The monoisotopic (exact) mass is 330 g/mol. The van der Waals surface area contributed by atoms with Gasteiger partial charge in [0.15, 0.2) is 0 Å². The molecule has 1 saturated heterocycles. The van der Waals surface area contributed by atoms with Gasteiger partial charge in [-0.15, -0.1) is 0 Å². The van der Waals surface area contributed by atoms with Crippen LogP contribution < -0.4 is 0 Å². The molecule has 0 radical (unpaired) electrons. The van der Waals surface area contributed by atoms with Gasteiger partial charge < -0.3 is 14.4 Å². The Kier molecular flexibility index (Phi) is 4.62. The Morgan fingerprint density at radius 2 is 1.71 bits per heavy atom. The first-order valence-electron chi connectivity index (χ1n) is 8.84. The van der Waals surface area contributed by atoms with Crippen LogP contribution in [0.1, 0.15) is 58.6 Å². The second-order valence-corrected chi connectivity index (χ2v) is 8.03. The lowest BCUT2D eigenvalue weighted by Crippen LogP contribution is -2.41. The summed E-state index contributed by atoms with van der Waals surface area (Å²) in [7, 11) is -0.456. The first-order chi connectivity index (χ1) is 11.2. The molecule has 1 heterocycles. The molecule has 0 unspecified atom stereocenters. The number of ketones is 1.